The zero-order valence-electron chi connectivity index (χ0n) is 46.3. The zero-order valence-corrected chi connectivity index (χ0v) is 46.3. The Hall–Kier alpha value is -8.99. The summed E-state index contributed by atoms with van der Waals surface area (Å²) < 4.78 is 20.2. The van der Waals surface area contributed by atoms with Crippen molar-refractivity contribution in [1.29, 1.82) is 0 Å². The molecule has 83 heavy (non-hydrogen) atoms. The second-order valence-electron chi connectivity index (χ2n) is 23.8. The minimum absolute atomic E-state index is 0.0278. The summed E-state index contributed by atoms with van der Waals surface area (Å²) in [6.07, 6.45) is 12.5. The number of fused-ring (bicyclic) bond motifs is 3. The monoisotopic (exact) mass is 1110 g/mol. The van der Waals surface area contributed by atoms with E-state index in [0.29, 0.717) is 71.8 Å². The normalized spacial score (nSPS) is 24.2. The van der Waals surface area contributed by atoms with E-state index < -0.39 is 29.7 Å². The number of nitrogen functional groups attached to an aromatic ring is 1. The molecule has 5 amide bonds. The molecule has 14 rings (SSSR count). The lowest BCUT2D eigenvalue weighted by molar-refractivity contribution is -0.138. The van der Waals surface area contributed by atoms with Gasteiger partial charge in [0.15, 0.2) is 5.65 Å². The largest absolute Gasteiger partial charge is 0.384 e. The maximum Gasteiger partial charge on any atom is 0.264 e. The number of imidazole rings is 1. The number of nitrogens with one attached hydrogen (secondary N) is 2. The minimum Gasteiger partial charge on any atom is -0.384 e. The molecule has 5 aliphatic heterocycles. The maximum absolute atomic E-state index is 16.3. The summed E-state index contributed by atoms with van der Waals surface area (Å²) >= 11 is 0. The van der Waals surface area contributed by atoms with Gasteiger partial charge in [0.1, 0.15) is 34.8 Å². The molecule has 7 aliphatic rings. The van der Waals surface area contributed by atoms with E-state index >= 15 is 4.39 Å². The molecule has 422 valence electrons. The second kappa shape index (κ2) is 20.5. The van der Waals surface area contributed by atoms with Gasteiger partial charge in [-0.1, -0.05) is 24.8 Å². The van der Waals surface area contributed by atoms with Crippen molar-refractivity contribution in [2.75, 3.05) is 60.1 Å². The molecule has 4 saturated heterocycles. The average Bonchev–Trinajstić information content (AvgIpc) is 1.67. The van der Waals surface area contributed by atoms with Crippen LogP contribution in [0, 0.1) is 59.6 Å². The summed E-state index contributed by atoms with van der Waals surface area (Å²) in [5, 5.41) is 10.2. The topological polar surface area (TPSA) is 223 Å². The quantitative estimate of drug-likeness (QED) is 0.0852. The summed E-state index contributed by atoms with van der Waals surface area (Å²) in [5.41, 5.74) is 13.2. The van der Waals surface area contributed by atoms with Crippen LogP contribution in [0.2, 0.25) is 0 Å². The van der Waals surface area contributed by atoms with Crippen LogP contribution in [0.3, 0.4) is 0 Å². The van der Waals surface area contributed by atoms with Crippen LogP contribution in [-0.4, -0.2) is 119 Å². The van der Waals surface area contributed by atoms with Crippen molar-refractivity contribution in [2.45, 2.75) is 83.8 Å². The fourth-order valence-corrected chi connectivity index (χ4v) is 15.0. The molecule has 6 unspecified atom stereocenters. The van der Waals surface area contributed by atoms with Crippen LogP contribution in [0.25, 0.3) is 28.1 Å². The molecule has 0 bridgehead atoms. The summed E-state index contributed by atoms with van der Waals surface area (Å²) in [4.78, 5) is 91.1. The number of benzene rings is 2. The van der Waals surface area contributed by atoms with Crippen molar-refractivity contribution in [3.63, 3.8) is 0 Å². The van der Waals surface area contributed by atoms with Gasteiger partial charge in [0.05, 0.1) is 40.4 Å². The second-order valence-corrected chi connectivity index (χ2v) is 23.8. The molecular formula is C63H63FN14O5. The van der Waals surface area contributed by atoms with Crippen LogP contribution in [0.5, 0.6) is 0 Å². The maximum atomic E-state index is 16.3. The highest BCUT2D eigenvalue weighted by atomic mass is 19.1. The number of amides is 5. The Morgan fingerprint density at radius 3 is 2.51 bits per heavy atom. The van der Waals surface area contributed by atoms with Crippen molar-refractivity contribution >= 4 is 63.7 Å². The fraction of sp³-hybridized carbons (Fsp3) is 0.397. The van der Waals surface area contributed by atoms with Gasteiger partial charge < -0.3 is 25.8 Å². The van der Waals surface area contributed by atoms with E-state index in [-0.39, 0.29) is 53.1 Å². The predicted molar refractivity (Wildman–Crippen MR) is 308 cm³/mol. The van der Waals surface area contributed by atoms with Gasteiger partial charge in [-0.25, -0.2) is 24.3 Å². The number of nitrogens with two attached hydrogens (primary N) is 1. The molecule has 20 heteroatoms. The Morgan fingerprint density at radius 2 is 1.72 bits per heavy atom. The lowest BCUT2D eigenvalue weighted by Crippen LogP contribution is -2.54. The Kier molecular flexibility index (Phi) is 12.8. The third-order valence-electron chi connectivity index (χ3n) is 18.9. The highest BCUT2D eigenvalue weighted by Gasteiger charge is 2.76. The Bertz CT molecular complexity index is 3870. The van der Waals surface area contributed by atoms with Gasteiger partial charge in [-0.3, -0.25) is 43.4 Å². The first-order valence-electron chi connectivity index (χ1n) is 29.0. The van der Waals surface area contributed by atoms with Gasteiger partial charge in [-0.2, -0.15) is 5.10 Å². The number of anilines is 4. The summed E-state index contributed by atoms with van der Waals surface area (Å²) in [6.45, 7) is 9.07. The van der Waals surface area contributed by atoms with Crippen LogP contribution in [0.1, 0.15) is 102 Å². The number of carbonyl (C=O) groups is 5. The number of aryl methyl sites for hydroxylation is 1. The number of halogens is 1. The zero-order chi connectivity index (χ0) is 56.8. The molecule has 0 radical (unpaired) electrons. The van der Waals surface area contributed by atoms with Crippen molar-refractivity contribution in [3.8, 4) is 28.8 Å². The average molecular weight is 1120 g/mol. The number of hydrogen-bond acceptors (Lipinski definition) is 14. The Morgan fingerprint density at radius 1 is 0.880 bits per heavy atom. The third kappa shape index (κ3) is 9.20. The highest BCUT2D eigenvalue weighted by molar-refractivity contribution is 6.25. The number of likely N-dealkylation sites (tertiary alicyclic amines) is 1. The number of piperidine rings is 3. The van der Waals surface area contributed by atoms with Crippen LogP contribution in [0.15, 0.2) is 97.6 Å². The third-order valence-corrected chi connectivity index (χ3v) is 18.9. The number of carbonyl (C=O) groups excluding carboxylic acids is 5. The van der Waals surface area contributed by atoms with Crippen molar-refractivity contribution in [2.24, 2.45) is 35.0 Å². The Labute approximate surface area is 478 Å². The van der Waals surface area contributed by atoms with Crippen LogP contribution < -0.4 is 26.2 Å². The molecular weight excluding hydrogens is 1050 g/mol. The van der Waals surface area contributed by atoms with E-state index in [1.807, 2.05) is 63.8 Å². The van der Waals surface area contributed by atoms with E-state index in [9.17, 15) is 24.0 Å². The highest BCUT2D eigenvalue weighted by Crippen LogP contribution is 2.79. The predicted octanol–water partition coefficient (Wildman–Crippen LogP) is 7.35. The lowest BCUT2D eigenvalue weighted by atomic mass is 9.72. The number of nitrogens with zero attached hydrogens (tertiary/aromatic N) is 11. The standard InChI is InChI=1S/C63H63FN14O5/c1-36-33-75(50-12-9-44(28-46(50)64)77-37(2)70-49-11-10-47(71-58(49)77)41-16-22-66-52(65)27-41)35-42-29-63(56(36)57(42)63)21-4-5-38-8-14-53(68-30-38)73-23-17-40(18-24-73)60(81)74-25-19-43(20-26-74)76-34-39(32-69-76)31-67-48-7-3-6-45-55(48)62(83)78(61(45)82)51-13-15-54(79)72-59(51)80/h3,6-12,14,16,22,27-28,30,32,34,36,40,42-43,51,56-57,67H,13,15,17-21,23-26,29,31,33,35H2,1-2H3,(H2,65,66)(H,72,79,80). The minimum atomic E-state index is -1.03. The van der Waals surface area contributed by atoms with E-state index in [0.717, 1.165) is 109 Å². The van der Waals surface area contributed by atoms with E-state index in [4.69, 9.17) is 20.7 Å². The number of imide groups is 2. The summed E-state index contributed by atoms with van der Waals surface area (Å²) in [5.74, 6) is 8.92. The van der Waals surface area contributed by atoms with Crippen LogP contribution in [-0.2, 0) is 20.9 Å². The van der Waals surface area contributed by atoms with Gasteiger partial charge >= 0.3 is 0 Å². The molecule has 10 heterocycles. The molecule has 0 spiro atoms. The molecule has 6 fully saturated rings. The number of hydrogen-bond donors (Lipinski definition) is 3. The Balaban J connectivity index is 0.529. The SMILES string of the molecule is Cc1nc2ccc(-c3ccnc(N)c3)nc2n1-c1ccc(N2CC(C)C3C4C(C2)CC34CC#Cc2ccc(N3CCC(C(=O)N4CCC(n5cc(CNc6cccc7c6C(=O)N(C6CCC(=O)NC6=O)C7=O)cn5)CC4)CC3)nc2)c(F)c1. The molecule has 6 atom stereocenters. The number of aromatic nitrogens is 7. The smallest absolute Gasteiger partial charge is 0.264 e. The van der Waals surface area contributed by atoms with Gasteiger partial charge in [0, 0.05) is 112 Å². The van der Waals surface area contributed by atoms with Crippen LogP contribution >= 0.6 is 0 Å². The van der Waals surface area contributed by atoms with Gasteiger partial charge in [-0.05, 0) is 135 Å². The molecule has 5 aromatic heterocycles. The van der Waals surface area contributed by atoms with E-state index in [1.165, 1.54) is 0 Å². The molecule has 2 saturated carbocycles. The van der Waals surface area contributed by atoms with Gasteiger partial charge in [0.2, 0.25) is 17.7 Å². The van der Waals surface area contributed by atoms with E-state index in [2.05, 4.69) is 61.4 Å². The molecule has 2 aliphatic carbocycles. The first-order valence-corrected chi connectivity index (χ1v) is 29.0. The first-order chi connectivity index (χ1) is 40.3. The van der Waals surface area contributed by atoms with Gasteiger partial charge in [-0.15, -0.1) is 0 Å². The van der Waals surface area contributed by atoms with Crippen molar-refractivity contribution in [1.82, 2.24) is 49.4 Å². The molecule has 19 nitrogen and oxygen atoms in total. The number of rotatable bonds is 11. The lowest BCUT2D eigenvalue weighted by Gasteiger charge is -2.40. The van der Waals surface area contributed by atoms with Crippen molar-refractivity contribution < 1.29 is 28.4 Å². The first kappa shape index (κ1) is 52.1. The molecule has 4 N–H and O–H groups in total. The van der Waals surface area contributed by atoms with Crippen molar-refractivity contribution in [3.05, 3.63) is 131 Å². The van der Waals surface area contributed by atoms with Gasteiger partial charge in [0.25, 0.3) is 11.8 Å². The molecule has 2 aromatic carbocycles. The summed E-state index contributed by atoms with van der Waals surface area (Å²) in [6, 6.07) is 21.2. The summed E-state index contributed by atoms with van der Waals surface area (Å²) in [7, 11) is 0. The van der Waals surface area contributed by atoms with E-state index in [1.54, 1.807) is 42.7 Å². The number of pyridine rings is 3. The fourth-order valence-electron chi connectivity index (χ4n) is 15.0. The molecule has 7 aromatic rings. The van der Waals surface area contributed by atoms with Crippen LogP contribution in [0.4, 0.5) is 27.4 Å².